The normalized spacial score (nSPS) is 10.7. The quantitative estimate of drug-likeness (QED) is 0.720. The van der Waals surface area contributed by atoms with Crippen LogP contribution in [0.15, 0.2) is 41.9 Å². The van der Waals surface area contributed by atoms with Crippen LogP contribution in [0.2, 0.25) is 0 Å². The number of anilines is 4. The Bertz CT molecular complexity index is 748. The molecule has 0 aliphatic rings. The Balaban J connectivity index is 2.03. The van der Waals surface area contributed by atoms with Crippen molar-refractivity contribution in [1.29, 1.82) is 0 Å². The molecule has 0 radical (unpaired) electrons. The van der Waals surface area contributed by atoms with Gasteiger partial charge in [-0.25, -0.2) is 4.98 Å². The second-order valence-corrected chi connectivity index (χ2v) is 5.65. The minimum Gasteiger partial charge on any atom is -0.395 e. The molecule has 20 heavy (non-hydrogen) atoms. The number of nitrogen functional groups attached to an aromatic ring is 1. The van der Waals surface area contributed by atoms with Gasteiger partial charge in [-0.1, -0.05) is 12.1 Å². The highest BCUT2D eigenvalue weighted by Gasteiger charge is 2.09. The molecule has 0 saturated heterocycles. The van der Waals surface area contributed by atoms with E-state index in [-0.39, 0.29) is 0 Å². The first-order chi connectivity index (χ1) is 9.66. The first-order valence-electron chi connectivity index (χ1n) is 6.32. The monoisotopic (exact) mass is 284 g/mol. The van der Waals surface area contributed by atoms with Crippen molar-refractivity contribution in [2.45, 2.75) is 0 Å². The van der Waals surface area contributed by atoms with E-state index in [1.165, 1.54) is 0 Å². The number of benzene rings is 2. The van der Waals surface area contributed by atoms with E-state index in [4.69, 9.17) is 5.73 Å². The number of thiazole rings is 1. The lowest BCUT2D eigenvalue weighted by Crippen LogP contribution is -2.11. The second-order valence-electron chi connectivity index (χ2n) is 4.76. The van der Waals surface area contributed by atoms with Crippen molar-refractivity contribution in [1.82, 2.24) is 4.98 Å². The molecule has 2 aromatic carbocycles. The summed E-state index contributed by atoms with van der Waals surface area (Å²) in [6.45, 7) is 0. The summed E-state index contributed by atoms with van der Waals surface area (Å²) in [6, 6.07) is 12.2. The SMILES string of the molecule is CN(C)c1ccccc1Nc1ccc2scnc2c1N. The van der Waals surface area contributed by atoms with Crippen LogP contribution in [-0.2, 0) is 0 Å². The number of nitrogens with one attached hydrogen (secondary N) is 1. The minimum absolute atomic E-state index is 0.692. The van der Waals surface area contributed by atoms with Crippen molar-refractivity contribution in [3.63, 3.8) is 0 Å². The Kier molecular flexibility index (Phi) is 3.20. The highest BCUT2D eigenvalue weighted by molar-refractivity contribution is 7.16. The molecular formula is C15H16N4S. The lowest BCUT2D eigenvalue weighted by Gasteiger charge is -2.19. The Morgan fingerprint density at radius 3 is 2.70 bits per heavy atom. The molecule has 102 valence electrons. The summed E-state index contributed by atoms with van der Waals surface area (Å²) in [6.07, 6.45) is 0. The molecule has 0 aliphatic carbocycles. The second kappa shape index (κ2) is 5.02. The lowest BCUT2D eigenvalue weighted by atomic mass is 10.2. The molecule has 0 bridgehead atoms. The summed E-state index contributed by atoms with van der Waals surface area (Å²) < 4.78 is 1.11. The van der Waals surface area contributed by atoms with Gasteiger partial charge in [0.1, 0.15) is 5.52 Å². The third-order valence-corrected chi connectivity index (χ3v) is 3.99. The van der Waals surface area contributed by atoms with Gasteiger partial charge < -0.3 is 16.0 Å². The molecule has 0 fully saturated rings. The van der Waals surface area contributed by atoms with E-state index in [1.807, 2.05) is 49.9 Å². The van der Waals surface area contributed by atoms with Crippen LogP contribution in [0.5, 0.6) is 0 Å². The summed E-state index contributed by atoms with van der Waals surface area (Å²) in [5.41, 5.74) is 12.6. The maximum atomic E-state index is 6.21. The van der Waals surface area contributed by atoms with E-state index in [1.54, 1.807) is 11.3 Å². The van der Waals surface area contributed by atoms with Crippen LogP contribution < -0.4 is 16.0 Å². The summed E-state index contributed by atoms with van der Waals surface area (Å²) in [5, 5.41) is 3.40. The van der Waals surface area contributed by atoms with Gasteiger partial charge in [-0.15, -0.1) is 11.3 Å². The number of hydrogen-bond donors (Lipinski definition) is 2. The molecule has 0 saturated carbocycles. The highest BCUT2D eigenvalue weighted by Crippen LogP contribution is 2.34. The Morgan fingerprint density at radius 2 is 1.90 bits per heavy atom. The van der Waals surface area contributed by atoms with Gasteiger partial charge in [-0.2, -0.15) is 0 Å². The first-order valence-corrected chi connectivity index (χ1v) is 7.20. The third kappa shape index (κ3) is 2.16. The molecule has 0 amide bonds. The first kappa shape index (κ1) is 12.7. The molecule has 3 N–H and O–H groups in total. The highest BCUT2D eigenvalue weighted by atomic mass is 32.1. The van der Waals surface area contributed by atoms with Crippen molar-refractivity contribution >= 4 is 44.3 Å². The zero-order valence-electron chi connectivity index (χ0n) is 11.4. The van der Waals surface area contributed by atoms with Crippen LogP contribution >= 0.6 is 11.3 Å². The molecule has 3 rings (SSSR count). The molecule has 5 heteroatoms. The largest absolute Gasteiger partial charge is 0.395 e. The van der Waals surface area contributed by atoms with E-state index in [0.29, 0.717) is 5.69 Å². The standard InChI is InChI=1S/C15H16N4S/c1-19(2)12-6-4-3-5-10(12)18-11-7-8-13-15(14(11)16)17-9-20-13/h3-9,18H,16H2,1-2H3. The average molecular weight is 284 g/mol. The van der Waals surface area contributed by atoms with Crippen LogP contribution in [0.1, 0.15) is 0 Å². The number of nitrogens with two attached hydrogens (primary N) is 1. The van der Waals surface area contributed by atoms with Crippen molar-refractivity contribution in [2.75, 3.05) is 30.0 Å². The summed E-state index contributed by atoms with van der Waals surface area (Å²) >= 11 is 1.60. The smallest absolute Gasteiger partial charge is 0.106 e. The van der Waals surface area contributed by atoms with Gasteiger partial charge in [-0.3, -0.25) is 0 Å². The van der Waals surface area contributed by atoms with Crippen LogP contribution in [-0.4, -0.2) is 19.1 Å². The van der Waals surface area contributed by atoms with Gasteiger partial charge in [0, 0.05) is 14.1 Å². The van der Waals surface area contributed by atoms with E-state index < -0.39 is 0 Å². The number of fused-ring (bicyclic) bond motifs is 1. The van der Waals surface area contributed by atoms with Gasteiger partial charge in [0.2, 0.25) is 0 Å². The molecule has 1 heterocycles. The van der Waals surface area contributed by atoms with Gasteiger partial charge in [0.15, 0.2) is 0 Å². The Morgan fingerprint density at radius 1 is 1.10 bits per heavy atom. The fourth-order valence-electron chi connectivity index (χ4n) is 2.18. The Hall–Kier alpha value is -2.27. The maximum absolute atomic E-state index is 6.21. The maximum Gasteiger partial charge on any atom is 0.106 e. The zero-order valence-corrected chi connectivity index (χ0v) is 12.2. The fourth-order valence-corrected chi connectivity index (χ4v) is 2.87. The van der Waals surface area contributed by atoms with Gasteiger partial charge in [0.05, 0.1) is 33.0 Å². The van der Waals surface area contributed by atoms with Crippen LogP contribution in [0.4, 0.5) is 22.7 Å². The third-order valence-electron chi connectivity index (χ3n) is 3.20. The topological polar surface area (TPSA) is 54.2 Å². The van der Waals surface area contributed by atoms with Crippen molar-refractivity contribution in [3.05, 3.63) is 41.9 Å². The van der Waals surface area contributed by atoms with Crippen molar-refractivity contribution < 1.29 is 0 Å². The number of hydrogen-bond acceptors (Lipinski definition) is 5. The van der Waals surface area contributed by atoms with Gasteiger partial charge in [0.25, 0.3) is 0 Å². The van der Waals surface area contributed by atoms with Crippen LogP contribution in [0.25, 0.3) is 10.2 Å². The number of nitrogens with zero attached hydrogens (tertiary/aromatic N) is 2. The van der Waals surface area contributed by atoms with E-state index in [2.05, 4.69) is 21.3 Å². The molecule has 0 unspecified atom stereocenters. The van der Waals surface area contributed by atoms with Crippen LogP contribution in [0, 0.1) is 0 Å². The zero-order chi connectivity index (χ0) is 14.1. The number of aromatic nitrogens is 1. The Labute approximate surface area is 121 Å². The van der Waals surface area contributed by atoms with E-state index in [0.717, 1.165) is 27.3 Å². The van der Waals surface area contributed by atoms with Crippen molar-refractivity contribution in [3.8, 4) is 0 Å². The summed E-state index contributed by atoms with van der Waals surface area (Å²) in [4.78, 5) is 6.39. The van der Waals surface area contributed by atoms with Gasteiger partial charge in [-0.05, 0) is 24.3 Å². The molecule has 1 aromatic heterocycles. The number of rotatable bonds is 3. The lowest BCUT2D eigenvalue weighted by molar-refractivity contribution is 1.13. The predicted octanol–water partition coefficient (Wildman–Crippen LogP) is 3.69. The van der Waals surface area contributed by atoms with Crippen molar-refractivity contribution in [2.24, 2.45) is 0 Å². The molecule has 0 atom stereocenters. The van der Waals surface area contributed by atoms with Gasteiger partial charge >= 0.3 is 0 Å². The molecule has 0 aliphatic heterocycles. The molecule has 0 spiro atoms. The number of para-hydroxylation sites is 2. The molecular weight excluding hydrogens is 268 g/mol. The molecule has 4 nitrogen and oxygen atoms in total. The average Bonchev–Trinajstić information content (AvgIpc) is 2.91. The minimum atomic E-state index is 0.692. The predicted molar refractivity (Wildman–Crippen MR) is 88.1 cm³/mol. The van der Waals surface area contributed by atoms with Crippen LogP contribution in [0.3, 0.4) is 0 Å². The summed E-state index contributed by atoms with van der Waals surface area (Å²) in [5.74, 6) is 0. The fraction of sp³-hybridized carbons (Fsp3) is 0.133. The van der Waals surface area contributed by atoms with E-state index >= 15 is 0 Å². The summed E-state index contributed by atoms with van der Waals surface area (Å²) in [7, 11) is 4.04. The molecule has 3 aromatic rings. The van der Waals surface area contributed by atoms with E-state index in [9.17, 15) is 0 Å².